The third-order valence-electron chi connectivity index (χ3n) is 4.78. The van der Waals surface area contributed by atoms with Crippen molar-refractivity contribution in [3.8, 4) is 0 Å². The van der Waals surface area contributed by atoms with Crippen LogP contribution in [-0.4, -0.2) is 30.1 Å². The van der Waals surface area contributed by atoms with Crippen LogP contribution >= 0.6 is 11.6 Å². The van der Waals surface area contributed by atoms with E-state index in [1.807, 2.05) is 0 Å². The molecule has 0 saturated carbocycles. The average molecular weight is 492 g/mol. The van der Waals surface area contributed by atoms with Gasteiger partial charge in [0.15, 0.2) is 0 Å². The number of carbonyl (C=O) groups is 1. The molecule has 0 aromatic heterocycles. The molecule has 3 aromatic carbocycles. The van der Waals surface area contributed by atoms with Crippen molar-refractivity contribution in [2.45, 2.75) is 18.4 Å². The van der Waals surface area contributed by atoms with Crippen molar-refractivity contribution in [2.75, 3.05) is 11.9 Å². The van der Waals surface area contributed by atoms with Gasteiger partial charge in [-0.2, -0.15) is 4.31 Å². The molecule has 0 radical (unpaired) electrons. The van der Waals surface area contributed by atoms with Crippen LogP contribution in [-0.2, 0) is 21.4 Å². The Morgan fingerprint density at radius 2 is 1.79 bits per heavy atom. The standard InChI is InChI=1S/C22H19ClFN3O5S/c1-15-6-9-18(27(29)30)12-21(15)25-22(28)14-26(13-16-4-2-3-5-20(16)24)33(31,32)19-10-7-17(23)8-11-19/h2-12H,13-14H2,1H3,(H,25,28). The maximum atomic E-state index is 14.2. The van der Waals surface area contributed by atoms with Crippen molar-refractivity contribution < 1.29 is 22.5 Å². The zero-order valence-corrected chi connectivity index (χ0v) is 18.9. The second kappa shape index (κ2) is 10.1. The number of benzene rings is 3. The molecule has 3 aromatic rings. The van der Waals surface area contributed by atoms with Crippen LogP contribution in [0.25, 0.3) is 0 Å². The van der Waals surface area contributed by atoms with Gasteiger partial charge < -0.3 is 5.32 Å². The Morgan fingerprint density at radius 1 is 1.12 bits per heavy atom. The molecule has 1 amide bonds. The summed E-state index contributed by atoms with van der Waals surface area (Å²) in [6.07, 6.45) is 0. The summed E-state index contributed by atoms with van der Waals surface area (Å²) in [6.45, 7) is 0.585. The lowest BCUT2D eigenvalue weighted by Gasteiger charge is -2.22. The Kier molecular flexibility index (Phi) is 7.42. The maximum absolute atomic E-state index is 14.2. The summed E-state index contributed by atoms with van der Waals surface area (Å²) in [5.74, 6) is -1.36. The monoisotopic (exact) mass is 491 g/mol. The molecule has 33 heavy (non-hydrogen) atoms. The molecular weight excluding hydrogens is 473 g/mol. The van der Waals surface area contributed by atoms with Gasteiger partial charge in [-0.25, -0.2) is 12.8 Å². The summed E-state index contributed by atoms with van der Waals surface area (Å²) < 4.78 is 41.6. The fourth-order valence-corrected chi connectivity index (χ4v) is 4.51. The highest BCUT2D eigenvalue weighted by atomic mass is 35.5. The zero-order chi connectivity index (χ0) is 24.2. The molecule has 0 fully saturated rings. The van der Waals surface area contributed by atoms with Crippen LogP contribution in [0.1, 0.15) is 11.1 Å². The zero-order valence-electron chi connectivity index (χ0n) is 17.4. The van der Waals surface area contributed by atoms with Crippen LogP contribution < -0.4 is 5.32 Å². The fraction of sp³-hybridized carbons (Fsp3) is 0.136. The van der Waals surface area contributed by atoms with Crippen LogP contribution in [0.2, 0.25) is 5.02 Å². The molecule has 172 valence electrons. The van der Waals surface area contributed by atoms with Gasteiger partial charge in [-0.05, 0) is 42.8 Å². The number of nitrogens with one attached hydrogen (secondary N) is 1. The lowest BCUT2D eigenvalue weighted by molar-refractivity contribution is -0.384. The summed E-state index contributed by atoms with van der Waals surface area (Å²) in [6, 6.07) is 14.9. The van der Waals surface area contributed by atoms with Crippen molar-refractivity contribution in [3.05, 3.63) is 98.8 Å². The van der Waals surface area contributed by atoms with E-state index in [4.69, 9.17) is 11.6 Å². The first-order chi connectivity index (χ1) is 15.6. The van der Waals surface area contributed by atoms with Crippen molar-refractivity contribution in [1.29, 1.82) is 0 Å². The Hall–Kier alpha value is -3.34. The Bertz CT molecular complexity index is 1300. The fourth-order valence-electron chi connectivity index (χ4n) is 3.01. The highest BCUT2D eigenvalue weighted by Gasteiger charge is 2.28. The normalized spacial score (nSPS) is 11.4. The van der Waals surface area contributed by atoms with Crippen LogP contribution in [0, 0.1) is 22.9 Å². The molecule has 0 aliphatic heterocycles. The molecule has 0 aliphatic rings. The number of aryl methyl sites for hydroxylation is 1. The third-order valence-corrected chi connectivity index (χ3v) is 6.84. The molecular formula is C22H19ClFN3O5S. The van der Waals surface area contributed by atoms with Crippen LogP contribution in [0.4, 0.5) is 15.8 Å². The molecule has 0 aliphatic carbocycles. The molecule has 0 unspecified atom stereocenters. The summed E-state index contributed by atoms with van der Waals surface area (Å²) >= 11 is 5.85. The third kappa shape index (κ3) is 5.92. The molecule has 0 heterocycles. The average Bonchev–Trinajstić information content (AvgIpc) is 2.76. The molecule has 0 bridgehead atoms. The second-order valence-electron chi connectivity index (χ2n) is 7.12. The Labute approximate surface area is 194 Å². The van der Waals surface area contributed by atoms with Crippen LogP contribution in [0.15, 0.2) is 71.6 Å². The second-order valence-corrected chi connectivity index (χ2v) is 9.50. The number of hydrogen-bond donors (Lipinski definition) is 1. The smallest absolute Gasteiger partial charge is 0.271 e. The van der Waals surface area contributed by atoms with Crippen LogP contribution in [0.5, 0.6) is 0 Å². The van der Waals surface area contributed by atoms with Gasteiger partial charge in [0.1, 0.15) is 5.82 Å². The van der Waals surface area contributed by atoms with Crippen molar-refractivity contribution in [3.63, 3.8) is 0 Å². The number of rotatable bonds is 8. The van der Waals surface area contributed by atoms with Crippen molar-refractivity contribution in [1.82, 2.24) is 4.31 Å². The minimum absolute atomic E-state index is 0.0781. The number of carbonyl (C=O) groups excluding carboxylic acids is 1. The molecule has 3 rings (SSSR count). The van der Waals surface area contributed by atoms with Crippen LogP contribution in [0.3, 0.4) is 0 Å². The van der Waals surface area contributed by atoms with Gasteiger partial charge in [-0.3, -0.25) is 14.9 Å². The lowest BCUT2D eigenvalue weighted by Crippen LogP contribution is -2.37. The highest BCUT2D eigenvalue weighted by Crippen LogP contribution is 2.24. The largest absolute Gasteiger partial charge is 0.324 e. The molecule has 1 N–H and O–H groups in total. The van der Waals surface area contributed by atoms with E-state index < -0.39 is 39.8 Å². The summed E-state index contributed by atoms with van der Waals surface area (Å²) in [5.41, 5.74) is 0.571. The topological polar surface area (TPSA) is 110 Å². The van der Waals surface area contributed by atoms with Crippen molar-refractivity contribution >= 4 is 38.9 Å². The molecule has 8 nitrogen and oxygen atoms in total. The van der Waals surface area contributed by atoms with Gasteiger partial charge in [-0.1, -0.05) is 35.9 Å². The van der Waals surface area contributed by atoms with E-state index in [9.17, 15) is 27.7 Å². The van der Waals surface area contributed by atoms with Crippen molar-refractivity contribution in [2.24, 2.45) is 0 Å². The lowest BCUT2D eigenvalue weighted by atomic mass is 10.2. The first-order valence-corrected chi connectivity index (χ1v) is 11.4. The Morgan fingerprint density at radius 3 is 2.42 bits per heavy atom. The van der Waals surface area contributed by atoms with E-state index in [0.29, 0.717) is 10.6 Å². The molecule has 11 heteroatoms. The number of hydrogen-bond acceptors (Lipinski definition) is 5. The quantitative estimate of drug-likeness (QED) is 0.368. The van der Waals surface area contributed by atoms with Gasteiger partial charge in [0.2, 0.25) is 15.9 Å². The number of nitro benzene ring substituents is 1. The van der Waals surface area contributed by atoms with Gasteiger partial charge in [0, 0.05) is 29.3 Å². The van der Waals surface area contributed by atoms with Gasteiger partial charge in [0.05, 0.1) is 22.1 Å². The minimum atomic E-state index is -4.21. The van der Waals surface area contributed by atoms with E-state index in [-0.39, 0.29) is 21.8 Å². The van der Waals surface area contributed by atoms with Gasteiger partial charge in [-0.15, -0.1) is 0 Å². The summed E-state index contributed by atoms with van der Waals surface area (Å²) in [5, 5.41) is 13.9. The van der Waals surface area contributed by atoms with E-state index in [1.165, 1.54) is 60.7 Å². The number of anilines is 1. The minimum Gasteiger partial charge on any atom is -0.324 e. The van der Waals surface area contributed by atoms with E-state index in [2.05, 4.69) is 5.32 Å². The molecule has 0 atom stereocenters. The first-order valence-electron chi connectivity index (χ1n) is 9.62. The number of halogens is 2. The predicted octanol–water partition coefficient (Wildman–Crippen LogP) is 4.53. The molecule has 0 spiro atoms. The van der Waals surface area contributed by atoms with E-state index in [1.54, 1.807) is 13.0 Å². The highest BCUT2D eigenvalue weighted by molar-refractivity contribution is 7.89. The summed E-state index contributed by atoms with van der Waals surface area (Å²) in [4.78, 5) is 23.1. The SMILES string of the molecule is Cc1ccc([N+](=O)[O-])cc1NC(=O)CN(Cc1ccccc1F)S(=O)(=O)c1ccc(Cl)cc1. The van der Waals surface area contributed by atoms with E-state index >= 15 is 0 Å². The number of non-ortho nitro benzene ring substituents is 1. The Balaban J connectivity index is 1.92. The van der Waals surface area contributed by atoms with E-state index in [0.717, 1.165) is 4.31 Å². The number of nitro groups is 1. The number of sulfonamides is 1. The predicted molar refractivity (Wildman–Crippen MR) is 122 cm³/mol. The number of nitrogens with zero attached hydrogens (tertiary/aromatic N) is 2. The van der Waals surface area contributed by atoms with Gasteiger partial charge >= 0.3 is 0 Å². The number of amides is 1. The van der Waals surface area contributed by atoms with Gasteiger partial charge in [0.25, 0.3) is 5.69 Å². The summed E-state index contributed by atoms with van der Waals surface area (Å²) in [7, 11) is -4.21. The maximum Gasteiger partial charge on any atom is 0.271 e. The molecule has 0 saturated heterocycles. The first kappa shape index (κ1) is 24.3.